The third-order valence-electron chi connectivity index (χ3n) is 6.45. The van der Waals surface area contributed by atoms with Crippen molar-refractivity contribution >= 4 is 54.3 Å². The van der Waals surface area contributed by atoms with Gasteiger partial charge in [0.05, 0.1) is 22.0 Å². The van der Waals surface area contributed by atoms with Crippen molar-refractivity contribution in [2.24, 2.45) is 11.4 Å². The maximum absolute atomic E-state index is 13.1. The number of benzene rings is 5. The molecule has 0 aliphatic heterocycles. The van der Waals surface area contributed by atoms with E-state index in [0.717, 1.165) is 44.2 Å². The molecule has 0 saturated heterocycles. The number of fused-ring (bicyclic) bond motifs is 2. The number of anilines is 2. The molecule has 0 atom stereocenters. The highest BCUT2D eigenvalue weighted by atomic mass is 32.2. The standard InChI is InChI=1S/C30H24N4O2S2/c1-34-28(21-9-3-2-4-10-21)20-37-30(34)33-38(35,36)25-17-15-24(16-18-25)31-32-29-26-13-7-5-11-22(26)19-23-12-6-8-14-27(23)29/h2-20,31-32H,1H3/b33-30-. The van der Waals surface area contributed by atoms with Crippen LogP contribution in [-0.4, -0.2) is 13.0 Å². The van der Waals surface area contributed by atoms with E-state index in [4.69, 9.17) is 0 Å². The first-order valence-corrected chi connectivity index (χ1v) is 14.4. The minimum Gasteiger partial charge on any atom is -0.319 e. The Morgan fingerprint density at radius 3 is 2.00 bits per heavy atom. The van der Waals surface area contributed by atoms with Gasteiger partial charge in [-0.3, -0.25) is 5.43 Å². The summed E-state index contributed by atoms with van der Waals surface area (Å²) in [6, 6.07) is 35.0. The first-order valence-electron chi connectivity index (χ1n) is 12.0. The lowest BCUT2D eigenvalue weighted by molar-refractivity contribution is 0.596. The molecular weight excluding hydrogens is 512 g/mol. The minimum absolute atomic E-state index is 0.133. The second-order valence-electron chi connectivity index (χ2n) is 8.86. The summed E-state index contributed by atoms with van der Waals surface area (Å²) >= 11 is 1.30. The monoisotopic (exact) mass is 536 g/mol. The average Bonchev–Trinajstić information content (AvgIpc) is 3.30. The zero-order valence-corrected chi connectivity index (χ0v) is 22.1. The van der Waals surface area contributed by atoms with Crippen LogP contribution in [0.25, 0.3) is 32.8 Å². The molecule has 0 aliphatic carbocycles. The number of aromatic nitrogens is 1. The lowest BCUT2D eigenvalue weighted by atomic mass is 10.0. The number of hydrogen-bond donors (Lipinski definition) is 2. The highest BCUT2D eigenvalue weighted by Gasteiger charge is 2.14. The van der Waals surface area contributed by atoms with E-state index in [9.17, 15) is 8.42 Å². The first-order chi connectivity index (χ1) is 18.5. The van der Waals surface area contributed by atoms with E-state index >= 15 is 0 Å². The topological polar surface area (TPSA) is 75.5 Å². The summed E-state index contributed by atoms with van der Waals surface area (Å²) in [5.41, 5.74) is 10.2. The molecule has 188 valence electrons. The smallest absolute Gasteiger partial charge is 0.285 e. The molecule has 0 spiro atoms. The Hall–Kier alpha value is -4.40. The van der Waals surface area contributed by atoms with E-state index in [-0.39, 0.29) is 4.90 Å². The van der Waals surface area contributed by atoms with Gasteiger partial charge in [-0.25, -0.2) is 0 Å². The number of rotatable bonds is 6. The lowest BCUT2D eigenvalue weighted by Gasteiger charge is -2.15. The normalized spacial score (nSPS) is 12.2. The molecule has 0 radical (unpaired) electrons. The highest BCUT2D eigenvalue weighted by molar-refractivity contribution is 7.90. The van der Waals surface area contributed by atoms with Crippen LogP contribution in [0.15, 0.2) is 124 Å². The summed E-state index contributed by atoms with van der Waals surface area (Å²) in [6.45, 7) is 0. The zero-order valence-electron chi connectivity index (χ0n) is 20.5. The van der Waals surface area contributed by atoms with Gasteiger partial charge in [0.1, 0.15) is 0 Å². The molecule has 6 nitrogen and oxygen atoms in total. The molecule has 1 heterocycles. The fourth-order valence-corrected chi connectivity index (χ4v) is 6.62. The third kappa shape index (κ3) is 4.55. The maximum Gasteiger partial charge on any atom is 0.285 e. The van der Waals surface area contributed by atoms with Crippen LogP contribution in [0.2, 0.25) is 0 Å². The van der Waals surface area contributed by atoms with Crippen molar-refractivity contribution < 1.29 is 8.42 Å². The van der Waals surface area contributed by atoms with E-state index in [2.05, 4.69) is 45.6 Å². The van der Waals surface area contributed by atoms with Gasteiger partial charge in [-0.2, -0.15) is 8.42 Å². The Bertz CT molecular complexity index is 1890. The van der Waals surface area contributed by atoms with Gasteiger partial charge >= 0.3 is 0 Å². The molecule has 38 heavy (non-hydrogen) atoms. The number of hydrogen-bond acceptors (Lipinski definition) is 5. The van der Waals surface area contributed by atoms with Crippen LogP contribution in [0.5, 0.6) is 0 Å². The van der Waals surface area contributed by atoms with E-state index < -0.39 is 10.0 Å². The number of sulfonamides is 1. The van der Waals surface area contributed by atoms with Crippen LogP contribution in [0.4, 0.5) is 11.4 Å². The Morgan fingerprint density at radius 2 is 1.34 bits per heavy atom. The molecule has 0 amide bonds. The molecule has 0 fully saturated rings. The van der Waals surface area contributed by atoms with Gasteiger partial charge in [-0.1, -0.05) is 78.9 Å². The van der Waals surface area contributed by atoms with Crippen LogP contribution in [0.3, 0.4) is 0 Å². The number of nitrogens with one attached hydrogen (secondary N) is 2. The van der Waals surface area contributed by atoms with Crippen LogP contribution in [-0.2, 0) is 17.1 Å². The molecule has 0 aliphatic rings. The second-order valence-corrected chi connectivity index (χ2v) is 11.3. The molecule has 5 aromatic carbocycles. The fourth-order valence-electron chi connectivity index (χ4n) is 4.47. The van der Waals surface area contributed by atoms with Crippen molar-refractivity contribution in [1.29, 1.82) is 0 Å². The van der Waals surface area contributed by atoms with Crippen molar-refractivity contribution in [2.45, 2.75) is 4.90 Å². The molecule has 1 aromatic heterocycles. The van der Waals surface area contributed by atoms with E-state index in [1.165, 1.54) is 11.3 Å². The van der Waals surface area contributed by atoms with Gasteiger partial charge < -0.3 is 9.99 Å². The molecule has 2 N–H and O–H groups in total. The molecule has 0 unspecified atom stereocenters. The number of thiazole rings is 1. The zero-order chi connectivity index (χ0) is 26.1. The van der Waals surface area contributed by atoms with Gasteiger partial charge in [0.15, 0.2) is 0 Å². The molecule has 6 rings (SSSR count). The Labute approximate surface area is 224 Å². The molecular formula is C30H24N4O2S2. The van der Waals surface area contributed by atoms with E-state index in [1.807, 2.05) is 67.0 Å². The van der Waals surface area contributed by atoms with Crippen LogP contribution < -0.4 is 15.7 Å². The van der Waals surface area contributed by atoms with Crippen molar-refractivity contribution in [2.75, 3.05) is 10.9 Å². The Morgan fingerprint density at radius 1 is 0.737 bits per heavy atom. The predicted octanol–water partition coefficient (Wildman–Crippen LogP) is 6.79. The Kier molecular flexibility index (Phi) is 6.19. The van der Waals surface area contributed by atoms with Gasteiger partial charge in [-0.15, -0.1) is 15.7 Å². The van der Waals surface area contributed by atoms with Gasteiger partial charge in [0, 0.05) is 23.2 Å². The molecule has 0 saturated carbocycles. The summed E-state index contributed by atoms with van der Waals surface area (Å²) in [7, 11) is -2.06. The summed E-state index contributed by atoms with van der Waals surface area (Å²) in [5, 5.41) is 6.37. The predicted molar refractivity (Wildman–Crippen MR) is 157 cm³/mol. The van der Waals surface area contributed by atoms with Crippen LogP contribution in [0.1, 0.15) is 0 Å². The third-order valence-corrected chi connectivity index (χ3v) is 8.76. The van der Waals surface area contributed by atoms with E-state index in [0.29, 0.717) is 4.80 Å². The van der Waals surface area contributed by atoms with Crippen LogP contribution in [0, 0.1) is 0 Å². The van der Waals surface area contributed by atoms with Gasteiger partial charge in [0.2, 0.25) is 4.80 Å². The Balaban J connectivity index is 1.26. The second kappa shape index (κ2) is 9.81. The molecule has 0 bridgehead atoms. The fraction of sp³-hybridized carbons (Fsp3) is 0.0333. The maximum atomic E-state index is 13.1. The lowest BCUT2D eigenvalue weighted by Crippen LogP contribution is -2.15. The summed E-state index contributed by atoms with van der Waals surface area (Å²) in [5.74, 6) is 0. The summed E-state index contributed by atoms with van der Waals surface area (Å²) < 4.78 is 32.1. The van der Waals surface area contributed by atoms with Crippen molar-refractivity contribution in [3.05, 3.63) is 119 Å². The quantitative estimate of drug-likeness (QED) is 0.182. The number of nitrogens with zero attached hydrogens (tertiary/aromatic N) is 2. The summed E-state index contributed by atoms with van der Waals surface area (Å²) in [6.07, 6.45) is 0. The van der Waals surface area contributed by atoms with Crippen molar-refractivity contribution in [3.8, 4) is 11.3 Å². The van der Waals surface area contributed by atoms with Crippen LogP contribution >= 0.6 is 11.3 Å². The van der Waals surface area contributed by atoms with Gasteiger partial charge in [-0.05, 0) is 46.7 Å². The summed E-state index contributed by atoms with van der Waals surface area (Å²) in [4.78, 5) is 0.545. The first kappa shape index (κ1) is 24.0. The minimum atomic E-state index is -3.88. The van der Waals surface area contributed by atoms with Crippen molar-refractivity contribution in [3.63, 3.8) is 0 Å². The highest BCUT2D eigenvalue weighted by Crippen LogP contribution is 2.33. The van der Waals surface area contributed by atoms with Crippen molar-refractivity contribution in [1.82, 2.24) is 4.57 Å². The average molecular weight is 537 g/mol. The number of hydrazine groups is 1. The van der Waals surface area contributed by atoms with E-state index in [1.54, 1.807) is 28.8 Å². The van der Waals surface area contributed by atoms with Gasteiger partial charge in [0.25, 0.3) is 10.0 Å². The SMILES string of the molecule is Cn1c(-c2ccccc2)cs/c1=N\S(=O)(=O)c1ccc(NNc2c3ccccc3cc3ccccc23)cc1. The molecule has 6 aromatic rings. The molecule has 8 heteroatoms. The largest absolute Gasteiger partial charge is 0.319 e.